The largest absolute Gasteiger partial charge is 0.481 e. The Morgan fingerprint density at radius 3 is 2.45 bits per heavy atom. The number of aromatic nitrogens is 2. The van der Waals surface area contributed by atoms with Crippen LogP contribution in [0, 0.1) is 11.6 Å². The standard InChI is InChI=1S/C23H22F2N4O2/c1-16(31-18-7-8-19(24)20(25)15-18)23(30)29-13-11-28(12-14-29)21-9-10-26-22(27-21)17-5-3-2-4-6-17/h2-10,15-16H,11-14H2,1H3. The number of hydrogen-bond donors (Lipinski definition) is 0. The lowest BCUT2D eigenvalue weighted by Crippen LogP contribution is -2.52. The van der Waals surface area contributed by atoms with Crippen LogP contribution in [-0.4, -0.2) is 53.1 Å². The number of hydrogen-bond acceptors (Lipinski definition) is 5. The van der Waals surface area contributed by atoms with Crippen LogP contribution in [-0.2, 0) is 4.79 Å². The van der Waals surface area contributed by atoms with E-state index in [-0.39, 0.29) is 11.7 Å². The predicted molar refractivity (Wildman–Crippen MR) is 113 cm³/mol. The fourth-order valence-corrected chi connectivity index (χ4v) is 3.47. The van der Waals surface area contributed by atoms with Gasteiger partial charge >= 0.3 is 0 Å². The minimum absolute atomic E-state index is 0.118. The highest BCUT2D eigenvalue weighted by molar-refractivity contribution is 5.81. The molecule has 1 amide bonds. The first-order chi connectivity index (χ1) is 15.0. The molecule has 1 unspecified atom stereocenters. The number of anilines is 1. The third-order valence-electron chi connectivity index (χ3n) is 5.14. The van der Waals surface area contributed by atoms with Crippen LogP contribution in [0.1, 0.15) is 6.92 Å². The molecule has 2 aromatic carbocycles. The van der Waals surface area contributed by atoms with Crippen molar-refractivity contribution in [3.63, 3.8) is 0 Å². The van der Waals surface area contributed by atoms with E-state index >= 15 is 0 Å². The van der Waals surface area contributed by atoms with Gasteiger partial charge in [-0.3, -0.25) is 4.79 Å². The molecule has 6 nitrogen and oxygen atoms in total. The van der Waals surface area contributed by atoms with Crippen molar-refractivity contribution in [1.82, 2.24) is 14.9 Å². The Bertz CT molecular complexity index is 1060. The number of benzene rings is 2. The van der Waals surface area contributed by atoms with E-state index in [1.165, 1.54) is 6.07 Å². The molecular formula is C23H22F2N4O2. The molecule has 0 radical (unpaired) electrons. The topological polar surface area (TPSA) is 58.6 Å². The fraction of sp³-hybridized carbons (Fsp3) is 0.261. The summed E-state index contributed by atoms with van der Waals surface area (Å²) >= 11 is 0. The highest BCUT2D eigenvalue weighted by Gasteiger charge is 2.27. The summed E-state index contributed by atoms with van der Waals surface area (Å²) in [7, 11) is 0. The van der Waals surface area contributed by atoms with Crippen molar-refractivity contribution >= 4 is 11.7 Å². The van der Waals surface area contributed by atoms with Gasteiger partial charge in [0.15, 0.2) is 23.6 Å². The molecule has 1 fully saturated rings. The van der Waals surface area contributed by atoms with Gasteiger partial charge in [0.1, 0.15) is 11.6 Å². The lowest BCUT2D eigenvalue weighted by molar-refractivity contribution is -0.138. The molecule has 2 heterocycles. The van der Waals surface area contributed by atoms with E-state index in [2.05, 4.69) is 14.9 Å². The first kappa shape index (κ1) is 20.7. The van der Waals surface area contributed by atoms with Crippen molar-refractivity contribution in [1.29, 1.82) is 0 Å². The average Bonchev–Trinajstić information content (AvgIpc) is 2.82. The summed E-state index contributed by atoms with van der Waals surface area (Å²) in [4.78, 5) is 25.6. The molecule has 0 aliphatic carbocycles. The molecule has 160 valence electrons. The van der Waals surface area contributed by atoms with Gasteiger partial charge in [0.25, 0.3) is 5.91 Å². The Morgan fingerprint density at radius 1 is 1.00 bits per heavy atom. The van der Waals surface area contributed by atoms with Crippen molar-refractivity contribution in [2.75, 3.05) is 31.1 Å². The van der Waals surface area contributed by atoms with Gasteiger partial charge < -0.3 is 14.5 Å². The minimum Gasteiger partial charge on any atom is -0.481 e. The Morgan fingerprint density at radius 2 is 1.74 bits per heavy atom. The molecule has 4 rings (SSSR count). The van der Waals surface area contributed by atoms with Gasteiger partial charge in [0, 0.05) is 44.0 Å². The molecule has 31 heavy (non-hydrogen) atoms. The Balaban J connectivity index is 1.36. The second kappa shape index (κ2) is 9.07. The lowest BCUT2D eigenvalue weighted by Gasteiger charge is -2.36. The van der Waals surface area contributed by atoms with E-state index in [1.54, 1.807) is 18.0 Å². The monoisotopic (exact) mass is 424 g/mol. The van der Waals surface area contributed by atoms with Crippen LogP contribution < -0.4 is 9.64 Å². The van der Waals surface area contributed by atoms with Crippen LogP contribution in [0.4, 0.5) is 14.6 Å². The first-order valence-corrected chi connectivity index (χ1v) is 10.0. The zero-order valence-corrected chi connectivity index (χ0v) is 17.0. The van der Waals surface area contributed by atoms with Crippen LogP contribution in [0.2, 0.25) is 0 Å². The van der Waals surface area contributed by atoms with Crippen LogP contribution in [0.5, 0.6) is 5.75 Å². The summed E-state index contributed by atoms with van der Waals surface area (Å²) in [5, 5.41) is 0. The SMILES string of the molecule is CC(Oc1ccc(F)c(F)c1)C(=O)N1CCN(c2ccnc(-c3ccccc3)n2)CC1. The van der Waals surface area contributed by atoms with Crippen molar-refractivity contribution in [3.05, 3.63) is 72.4 Å². The quantitative estimate of drug-likeness (QED) is 0.627. The third kappa shape index (κ3) is 4.79. The highest BCUT2D eigenvalue weighted by atomic mass is 19.2. The first-order valence-electron chi connectivity index (χ1n) is 10.0. The summed E-state index contributed by atoms with van der Waals surface area (Å²) in [6.45, 7) is 3.86. The molecule has 0 N–H and O–H groups in total. The molecule has 0 saturated carbocycles. The molecule has 0 bridgehead atoms. The van der Waals surface area contributed by atoms with E-state index in [4.69, 9.17) is 4.74 Å². The van der Waals surface area contributed by atoms with Crippen molar-refractivity contribution < 1.29 is 18.3 Å². The minimum atomic E-state index is -1.01. The van der Waals surface area contributed by atoms with Gasteiger partial charge in [0.2, 0.25) is 0 Å². The van der Waals surface area contributed by atoms with Crippen molar-refractivity contribution in [2.45, 2.75) is 13.0 Å². The number of carbonyl (C=O) groups is 1. The molecule has 0 spiro atoms. The van der Waals surface area contributed by atoms with Gasteiger partial charge in [0.05, 0.1) is 0 Å². The van der Waals surface area contributed by atoms with Crippen LogP contribution in [0.3, 0.4) is 0 Å². The second-order valence-corrected chi connectivity index (χ2v) is 7.25. The molecule has 1 aromatic heterocycles. The number of halogens is 2. The van der Waals surface area contributed by atoms with Crippen LogP contribution in [0.15, 0.2) is 60.8 Å². The van der Waals surface area contributed by atoms with E-state index in [1.807, 2.05) is 36.4 Å². The number of carbonyl (C=O) groups excluding carboxylic acids is 1. The van der Waals surface area contributed by atoms with E-state index in [0.29, 0.717) is 32.0 Å². The maximum atomic E-state index is 13.4. The molecule has 1 aliphatic rings. The molecule has 1 saturated heterocycles. The summed E-state index contributed by atoms with van der Waals surface area (Å²) in [5.41, 5.74) is 0.946. The number of amides is 1. The third-order valence-corrected chi connectivity index (χ3v) is 5.14. The molecule has 8 heteroatoms. The van der Waals surface area contributed by atoms with Gasteiger partial charge in [-0.05, 0) is 25.1 Å². The van der Waals surface area contributed by atoms with Gasteiger partial charge in [-0.15, -0.1) is 0 Å². The zero-order chi connectivity index (χ0) is 21.8. The number of piperazine rings is 1. The average molecular weight is 424 g/mol. The number of nitrogens with zero attached hydrogens (tertiary/aromatic N) is 4. The molecule has 1 aliphatic heterocycles. The second-order valence-electron chi connectivity index (χ2n) is 7.25. The summed E-state index contributed by atoms with van der Waals surface area (Å²) in [6.07, 6.45) is 0.931. The maximum Gasteiger partial charge on any atom is 0.263 e. The zero-order valence-electron chi connectivity index (χ0n) is 17.0. The van der Waals surface area contributed by atoms with Crippen molar-refractivity contribution in [3.8, 4) is 17.1 Å². The van der Waals surface area contributed by atoms with Gasteiger partial charge in [-0.1, -0.05) is 30.3 Å². The van der Waals surface area contributed by atoms with Gasteiger partial charge in [-0.2, -0.15) is 0 Å². The summed E-state index contributed by atoms with van der Waals surface area (Å²) < 4.78 is 31.9. The molecular weight excluding hydrogens is 402 g/mol. The Hall–Kier alpha value is -3.55. The normalized spacial score (nSPS) is 14.9. The maximum absolute atomic E-state index is 13.4. The summed E-state index contributed by atoms with van der Waals surface area (Å²) in [5.74, 6) is -0.574. The highest BCUT2D eigenvalue weighted by Crippen LogP contribution is 2.20. The molecule has 3 aromatic rings. The Labute approximate surface area is 179 Å². The molecule has 1 atom stereocenters. The van der Waals surface area contributed by atoms with Crippen molar-refractivity contribution in [2.24, 2.45) is 0 Å². The number of ether oxygens (including phenoxy) is 1. The van der Waals surface area contributed by atoms with Gasteiger partial charge in [-0.25, -0.2) is 18.7 Å². The smallest absolute Gasteiger partial charge is 0.263 e. The predicted octanol–water partition coefficient (Wildman–Crippen LogP) is 3.54. The lowest BCUT2D eigenvalue weighted by atomic mass is 10.2. The fourth-order valence-electron chi connectivity index (χ4n) is 3.47. The van der Waals surface area contributed by atoms with E-state index in [0.717, 1.165) is 23.5 Å². The van der Waals surface area contributed by atoms with E-state index in [9.17, 15) is 13.6 Å². The van der Waals surface area contributed by atoms with E-state index < -0.39 is 17.7 Å². The Kier molecular flexibility index (Phi) is 6.06. The van der Waals surface area contributed by atoms with Crippen LogP contribution >= 0.6 is 0 Å². The number of rotatable bonds is 5. The van der Waals surface area contributed by atoms with Crippen LogP contribution in [0.25, 0.3) is 11.4 Å². The summed E-state index contributed by atoms with van der Waals surface area (Å²) in [6, 6.07) is 14.8.